The first-order chi connectivity index (χ1) is 18.1. The lowest BCUT2D eigenvalue weighted by atomic mass is 10.2. The predicted molar refractivity (Wildman–Crippen MR) is 139 cm³/mol. The third-order valence-electron chi connectivity index (χ3n) is 4.95. The maximum absolute atomic E-state index is 12.8. The van der Waals surface area contributed by atoms with Crippen molar-refractivity contribution in [1.82, 2.24) is 10.2 Å². The van der Waals surface area contributed by atoms with Gasteiger partial charge in [0, 0.05) is 11.8 Å². The van der Waals surface area contributed by atoms with E-state index < -0.39 is 20.0 Å². The zero-order chi connectivity index (χ0) is 27.3. The molecule has 3 aromatic carbocycles. The quantitative estimate of drug-likeness (QED) is 0.296. The summed E-state index contributed by atoms with van der Waals surface area (Å²) < 4.78 is 66.1. The number of nitriles is 1. The standard InChI is InChI=1S/C24H18ClN5O6S2/c1-35-24-14-13-23(27-28-24)30-38(33,34)18-9-5-16(6-10-18)29-37(31,32)19-11-7-17(8-12-19)36-22-4-2-3-21(25)20(22)15-26/h2-14,29H,1H3,(H,27,30). The molecule has 0 unspecified atom stereocenters. The van der Waals surface area contributed by atoms with Crippen LogP contribution in [0.15, 0.2) is 88.7 Å². The number of sulfonamides is 2. The van der Waals surface area contributed by atoms with E-state index in [2.05, 4.69) is 19.6 Å². The van der Waals surface area contributed by atoms with Crippen molar-refractivity contribution in [2.75, 3.05) is 16.6 Å². The highest BCUT2D eigenvalue weighted by atomic mass is 35.5. The average Bonchev–Trinajstić information content (AvgIpc) is 2.89. The topological polar surface area (TPSA) is 160 Å². The number of anilines is 2. The molecule has 11 nitrogen and oxygen atoms in total. The molecular formula is C24H18ClN5O6S2. The minimum atomic E-state index is -4.00. The molecule has 2 N–H and O–H groups in total. The van der Waals surface area contributed by atoms with Crippen LogP contribution in [0.5, 0.6) is 17.4 Å². The Bertz CT molecular complexity index is 1710. The van der Waals surface area contributed by atoms with Crippen LogP contribution in [-0.4, -0.2) is 34.1 Å². The summed E-state index contributed by atoms with van der Waals surface area (Å²) in [6, 6.07) is 20.2. The van der Waals surface area contributed by atoms with E-state index in [4.69, 9.17) is 21.1 Å². The highest BCUT2D eigenvalue weighted by Gasteiger charge is 2.18. The number of hydrogen-bond acceptors (Lipinski definition) is 9. The third-order valence-corrected chi connectivity index (χ3v) is 8.04. The SMILES string of the molecule is COc1ccc(NS(=O)(=O)c2ccc(NS(=O)(=O)c3ccc(Oc4cccc(Cl)c4C#N)cc3)cc2)nn1. The average molecular weight is 572 g/mol. The Kier molecular flexibility index (Phi) is 7.67. The minimum Gasteiger partial charge on any atom is -0.480 e. The molecule has 0 aliphatic carbocycles. The second-order valence-electron chi connectivity index (χ2n) is 7.49. The fourth-order valence-corrected chi connectivity index (χ4v) is 5.37. The van der Waals surface area contributed by atoms with E-state index in [0.29, 0.717) is 5.75 Å². The van der Waals surface area contributed by atoms with Crippen LogP contribution in [0.4, 0.5) is 11.5 Å². The first-order valence-electron chi connectivity index (χ1n) is 10.6. The number of nitrogens with one attached hydrogen (secondary N) is 2. The van der Waals surface area contributed by atoms with E-state index in [0.717, 1.165) is 0 Å². The molecule has 0 atom stereocenters. The number of nitrogens with zero attached hydrogens (tertiary/aromatic N) is 3. The van der Waals surface area contributed by atoms with Crippen molar-refractivity contribution in [3.63, 3.8) is 0 Å². The minimum absolute atomic E-state index is 0.0118. The molecule has 0 saturated carbocycles. The Labute approximate surface area is 223 Å². The van der Waals surface area contributed by atoms with Gasteiger partial charge in [0.05, 0.1) is 21.9 Å². The molecule has 0 aliphatic rings. The van der Waals surface area contributed by atoms with E-state index in [1.807, 2.05) is 6.07 Å². The van der Waals surface area contributed by atoms with Crippen LogP contribution in [-0.2, 0) is 20.0 Å². The summed E-state index contributed by atoms with van der Waals surface area (Å²) >= 11 is 6.00. The number of benzene rings is 3. The van der Waals surface area contributed by atoms with Crippen LogP contribution in [0, 0.1) is 11.3 Å². The first kappa shape index (κ1) is 26.7. The van der Waals surface area contributed by atoms with E-state index in [-0.39, 0.29) is 43.5 Å². The number of rotatable bonds is 9. The number of ether oxygens (including phenoxy) is 2. The lowest BCUT2D eigenvalue weighted by Crippen LogP contribution is -2.15. The zero-order valence-electron chi connectivity index (χ0n) is 19.5. The van der Waals surface area contributed by atoms with Crippen LogP contribution in [0.2, 0.25) is 5.02 Å². The third kappa shape index (κ3) is 6.12. The first-order valence-corrected chi connectivity index (χ1v) is 14.0. The van der Waals surface area contributed by atoms with Crippen molar-refractivity contribution in [1.29, 1.82) is 5.26 Å². The summed E-state index contributed by atoms with van der Waals surface area (Å²) in [5, 5.41) is 16.9. The smallest absolute Gasteiger partial charge is 0.263 e. The summed E-state index contributed by atoms with van der Waals surface area (Å²) in [5.41, 5.74) is 0.302. The van der Waals surface area contributed by atoms with Gasteiger partial charge in [-0.1, -0.05) is 17.7 Å². The monoisotopic (exact) mass is 571 g/mol. The Hall–Kier alpha value is -4.38. The van der Waals surface area contributed by atoms with Gasteiger partial charge < -0.3 is 9.47 Å². The Morgan fingerprint density at radius 2 is 1.45 bits per heavy atom. The van der Waals surface area contributed by atoms with Gasteiger partial charge in [-0.15, -0.1) is 10.2 Å². The fourth-order valence-electron chi connectivity index (χ4n) is 3.11. The maximum atomic E-state index is 12.8. The van der Waals surface area contributed by atoms with Crippen molar-refractivity contribution in [2.24, 2.45) is 0 Å². The summed E-state index contributed by atoms with van der Waals surface area (Å²) in [6.45, 7) is 0. The molecule has 0 fully saturated rings. The molecule has 1 heterocycles. The van der Waals surface area contributed by atoms with Crippen molar-refractivity contribution >= 4 is 43.2 Å². The molecular weight excluding hydrogens is 554 g/mol. The van der Waals surface area contributed by atoms with Gasteiger partial charge in [0.2, 0.25) is 5.88 Å². The molecule has 1 aromatic heterocycles. The Balaban J connectivity index is 1.45. The van der Waals surface area contributed by atoms with Crippen molar-refractivity contribution < 1.29 is 26.3 Å². The van der Waals surface area contributed by atoms with Crippen LogP contribution in [0.25, 0.3) is 0 Å². The molecule has 194 valence electrons. The van der Waals surface area contributed by atoms with Gasteiger partial charge in [0.15, 0.2) is 5.82 Å². The molecule has 0 aliphatic heterocycles. The molecule has 0 amide bonds. The van der Waals surface area contributed by atoms with E-state index in [1.54, 1.807) is 18.2 Å². The lowest BCUT2D eigenvalue weighted by Gasteiger charge is -2.11. The van der Waals surface area contributed by atoms with Gasteiger partial charge in [0.1, 0.15) is 23.1 Å². The predicted octanol–water partition coefficient (Wildman–Crippen LogP) is 4.40. The number of aromatic nitrogens is 2. The van der Waals surface area contributed by atoms with Gasteiger partial charge in [-0.05, 0) is 66.7 Å². The molecule has 0 bridgehead atoms. The lowest BCUT2D eigenvalue weighted by molar-refractivity contribution is 0.392. The molecule has 4 rings (SSSR count). The summed E-state index contributed by atoms with van der Waals surface area (Å²) in [5.74, 6) is 0.742. The summed E-state index contributed by atoms with van der Waals surface area (Å²) in [7, 11) is -6.59. The number of hydrogen-bond donors (Lipinski definition) is 2. The zero-order valence-corrected chi connectivity index (χ0v) is 21.9. The van der Waals surface area contributed by atoms with Crippen LogP contribution < -0.4 is 18.9 Å². The molecule has 0 radical (unpaired) electrons. The fraction of sp³-hybridized carbons (Fsp3) is 0.0417. The van der Waals surface area contributed by atoms with Gasteiger partial charge >= 0.3 is 0 Å². The van der Waals surface area contributed by atoms with Gasteiger partial charge in [-0.25, -0.2) is 16.8 Å². The van der Waals surface area contributed by atoms with E-state index in [1.165, 1.54) is 67.8 Å². The highest BCUT2D eigenvalue weighted by Crippen LogP contribution is 2.30. The highest BCUT2D eigenvalue weighted by molar-refractivity contribution is 7.93. The second-order valence-corrected chi connectivity index (χ2v) is 11.3. The van der Waals surface area contributed by atoms with Crippen molar-refractivity contribution in [3.8, 4) is 23.4 Å². The summed E-state index contributed by atoms with van der Waals surface area (Å²) in [4.78, 5) is -0.176. The second kappa shape index (κ2) is 10.9. The van der Waals surface area contributed by atoms with Crippen LogP contribution in [0.3, 0.4) is 0 Å². The summed E-state index contributed by atoms with van der Waals surface area (Å²) in [6.07, 6.45) is 0. The molecule has 38 heavy (non-hydrogen) atoms. The van der Waals surface area contributed by atoms with Crippen molar-refractivity contribution in [2.45, 2.75) is 9.79 Å². The van der Waals surface area contributed by atoms with Gasteiger partial charge in [0.25, 0.3) is 20.0 Å². The number of halogens is 1. The van der Waals surface area contributed by atoms with Crippen molar-refractivity contribution in [3.05, 3.63) is 89.4 Å². The normalized spacial score (nSPS) is 11.3. The Morgan fingerprint density at radius 3 is 2.03 bits per heavy atom. The molecule has 0 saturated heterocycles. The van der Waals surface area contributed by atoms with Gasteiger partial charge in [-0.2, -0.15) is 5.26 Å². The molecule has 0 spiro atoms. The van der Waals surface area contributed by atoms with E-state index >= 15 is 0 Å². The van der Waals surface area contributed by atoms with Gasteiger partial charge in [-0.3, -0.25) is 9.44 Å². The van der Waals surface area contributed by atoms with Crippen LogP contribution >= 0.6 is 11.6 Å². The molecule has 4 aromatic rings. The van der Waals surface area contributed by atoms with Crippen LogP contribution in [0.1, 0.15) is 5.56 Å². The Morgan fingerprint density at radius 1 is 0.816 bits per heavy atom. The number of methoxy groups -OCH3 is 1. The maximum Gasteiger partial charge on any atom is 0.263 e. The molecule has 14 heteroatoms. The van der Waals surface area contributed by atoms with E-state index in [9.17, 15) is 22.1 Å². The largest absolute Gasteiger partial charge is 0.480 e.